The second kappa shape index (κ2) is 8.32. The normalized spacial score (nSPS) is 11.3. The van der Waals surface area contributed by atoms with E-state index in [2.05, 4.69) is 17.0 Å². The van der Waals surface area contributed by atoms with Gasteiger partial charge in [0.05, 0.1) is 5.75 Å². The van der Waals surface area contributed by atoms with Crippen LogP contribution >= 0.6 is 11.8 Å². The summed E-state index contributed by atoms with van der Waals surface area (Å²) in [6.45, 7) is 4.72. The van der Waals surface area contributed by atoms with Crippen LogP contribution in [0.15, 0.2) is 24.3 Å². The molecule has 0 atom stereocenters. The molecule has 6 heteroatoms. The van der Waals surface area contributed by atoms with E-state index in [0.717, 1.165) is 30.2 Å². The van der Waals surface area contributed by atoms with Crippen LogP contribution in [-0.4, -0.2) is 32.2 Å². The summed E-state index contributed by atoms with van der Waals surface area (Å²) < 4.78 is 25.3. The summed E-state index contributed by atoms with van der Waals surface area (Å²) >= 11 is 1.94. The molecule has 1 rings (SSSR count). The molecular formula is C13H22N2O2S2. The second-order valence-electron chi connectivity index (χ2n) is 4.06. The van der Waals surface area contributed by atoms with Crippen LogP contribution in [0.5, 0.6) is 0 Å². The highest BCUT2D eigenvalue weighted by Crippen LogP contribution is 2.15. The summed E-state index contributed by atoms with van der Waals surface area (Å²) in [7, 11) is -3.19. The minimum atomic E-state index is -3.19. The molecule has 0 saturated heterocycles. The highest BCUT2D eigenvalue weighted by atomic mass is 32.2. The first kappa shape index (κ1) is 16.2. The maximum absolute atomic E-state index is 11.4. The molecule has 0 fully saturated rings. The summed E-state index contributed by atoms with van der Waals surface area (Å²) in [5, 5.41) is 3.32. The number of hydrogen-bond donors (Lipinski definition) is 2. The predicted molar refractivity (Wildman–Crippen MR) is 85.6 cm³/mol. The van der Waals surface area contributed by atoms with E-state index in [0.29, 0.717) is 5.69 Å². The largest absolute Gasteiger partial charge is 0.385 e. The molecule has 0 aliphatic heterocycles. The quantitative estimate of drug-likeness (QED) is 0.689. The van der Waals surface area contributed by atoms with Gasteiger partial charge in [0.1, 0.15) is 0 Å². The van der Waals surface area contributed by atoms with E-state index in [4.69, 9.17) is 0 Å². The molecule has 0 radical (unpaired) electrons. The van der Waals surface area contributed by atoms with Crippen LogP contribution in [0.2, 0.25) is 0 Å². The zero-order chi connectivity index (χ0) is 14.1. The summed E-state index contributed by atoms with van der Waals surface area (Å²) in [4.78, 5) is 0. The molecule has 1 aromatic carbocycles. The third-order valence-electron chi connectivity index (χ3n) is 2.54. The first-order valence-electron chi connectivity index (χ1n) is 6.49. The summed E-state index contributed by atoms with van der Waals surface area (Å²) in [6, 6.07) is 7.33. The molecule has 0 bridgehead atoms. The van der Waals surface area contributed by atoms with Crippen LogP contribution in [0.25, 0.3) is 0 Å². The van der Waals surface area contributed by atoms with E-state index < -0.39 is 10.0 Å². The van der Waals surface area contributed by atoms with Gasteiger partial charge in [-0.15, -0.1) is 0 Å². The summed E-state index contributed by atoms with van der Waals surface area (Å²) in [6.07, 6.45) is 1.13. The maximum Gasteiger partial charge on any atom is 0.232 e. The van der Waals surface area contributed by atoms with Gasteiger partial charge in [0.15, 0.2) is 0 Å². The highest BCUT2D eigenvalue weighted by molar-refractivity contribution is 7.99. The summed E-state index contributed by atoms with van der Waals surface area (Å²) in [5.74, 6) is 2.41. The number of rotatable bonds is 9. The number of nitrogens with one attached hydrogen (secondary N) is 2. The van der Waals surface area contributed by atoms with E-state index in [1.165, 1.54) is 0 Å². The number of benzene rings is 1. The lowest BCUT2D eigenvalue weighted by atomic mass is 10.3. The molecule has 4 nitrogen and oxygen atoms in total. The van der Waals surface area contributed by atoms with Gasteiger partial charge in [-0.05, 0) is 49.1 Å². The van der Waals surface area contributed by atoms with Gasteiger partial charge in [0.25, 0.3) is 0 Å². The predicted octanol–water partition coefficient (Wildman–Crippen LogP) is 3.00. The molecule has 0 aliphatic rings. The lowest BCUT2D eigenvalue weighted by Crippen LogP contribution is -2.14. The Morgan fingerprint density at radius 3 is 2.32 bits per heavy atom. The van der Waals surface area contributed by atoms with Crippen molar-refractivity contribution >= 4 is 33.2 Å². The Balaban J connectivity index is 2.39. The van der Waals surface area contributed by atoms with Gasteiger partial charge >= 0.3 is 0 Å². The first-order valence-corrected chi connectivity index (χ1v) is 9.30. The molecule has 0 amide bonds. The molecule has 0 aromatic heterocycles. The molecule has 0 spiro atoms. The van der Waals surface area contributed by atoms with E-state index >= 15 is 0 Å². The van der Waals surface area contributed by atoms with Gasteiger partial charge in [-0.1, -0.05) is 6.92 Å². The number of anilines is 2. The topological polar surface area (TPSA) is 58.2 Å². The second-order valence-corrected chi connectivity index (χ2v) is 7.46. The molecule has 2 N–H and O–H groups in total. The number of hydrogen-bond acceptors (Lipinski definition) is 4. The fourth-order valence-electron chi connectivity index (χ4n) is 1.46. The average Bonchev–Trinajstić information content (AvgIpc) is 2.40. The van der Waals surface area contributed by atoms with Crippen molar-refractivity contribution in [1.82, 2.24) is 0 Å². The monoisotopic (exact) mass is 302 g/mol. The first-order chi connectivity index (χ1) is 9.07. The van der Waals surface area contributed by atoms with Crippen molar-refractivity contribution in [3.63, 3.8) is 0 Å². The fourth-order valence-corrected chi connectivity index (χ4v) is 2.74. The van der Waals surface area contributed by atoms with Crippen LogP contribution in [-0.2, 0) is 10.0 Å². The van der Waals surface area contributed by atoms with Crippen molar-refractivity contribution in [3.8, 4) is 0 Å². The van der Waals surface area contributed by atoms with E-state index in [1.807, 2.05) is 23.9 Å². The van der Waals surface area contributed by atoms with Gasteiger partial charge < -0.3 is 5.32 Å². The van der Waals surface area contributed by atoms with Crippen molar-refractivity contribution < 1.29 is 8.42 Å². The van der Waals surface area contributed by atoms with Crippen molar-refractivity contribution in [2.45, 2.75) is 20.3 Å². The molecule has 0 unspecified atom stereocenters. The van der Waals surface area contributed by atoms with E-state index in [1.54, 1.807) is 19.1 Å². The Hall–Kier alpha value is -0.880. The minimum Gasteiger partial charge on any atom is -0.385 e. The zero-order valence-electron chi connectivity index (χ0n) is 11.5. The Morgan fingerprint density at radius 1 is 1.11 bits per heavy atom. The van der Waals surface area contributed by atoms with Crippen molar-refractivity contribution in [2.24, 2.45) is 0 Å². The Labute approximate surface area is 120 Å². The van der Waals surface area contributed by atoms with Gasteiger partial charge in [0, 0.05) is 17.9 Å². The Bertz CT molecular complexity index is 458. The van der Waals surface area contributed by atoms with Crippen LogP contribution in [0.1, 0.15) is 20.3 Å². The standard InChI is InChI=1S/C13H22N2O2S2/c1-3-18-11-5-10-14-12-6-8-13(9-7-12)15-19(16,17)4-2/h6-9,14-15H,3-5,10-11H2,1-2H3. The SMILES string of the molecule is CCSCCCNc1ccc(NS(=O)(=O)CC)cc1. The molecule has 0 saturated carbocycles. The van der Waals surface area contributed by atoms with E-state index in [-0.39, 0.29) is 5.75 Å². The lowest BCUT2D eigenvalue weighted by Gasteiger charge is -2.09. The van der Waals surface area contributed by atoms with Crippen molar-refractivity contribution in [3.05, 3.63) is 24.3 Å². The van der Waals surface area contributed by atoms with Crippen LogP contribution in [0.3, 0.4) is 0 Å². The maximum atomic E-state index is 11.4. The van der Waals surface area contributed by atoms with Crippen molar-refractivity contribution in [2.75, 3.05) is 33.8 Å². The van der Waals surface area contributed by atoms with Crippen LogP contribution in [0.4, 0.5) is 11.4 Å². The van der Waals surface area contributed by atoms with Crippen LogP contribution < -0.4 is 10.0 Å². The van der Waals surface area contributed by atoms with E-state index in [9.17, 15) is 8.42 Å². The highest BCUT2D eigenvalue weighted by Gasteiger charge is 2.05. The molecule has 0 heterocycles. The third kappa shape index (κ3) is 6.73. The number of thioether (sulfide) groups is 1. The Kier molecular flexibility index (Phi) is 7.09. The van der Waals surface area contributed by atoms with Gasteiger partial charge in [-0.25, -0.2) is 8.42 Å². The molecule has 1 aromatic rings. The van der Waals surface area contributed by atoms with Gasteiger partial charge in [-0.2, -0.15) is 11.8 Å². The fraction of sp³-hybridized carbons (Fsp3) is 0.538. The Morgan fingerprint density at radius 2 is 1.74 bits per heavy atom. The number of sulfonamides is 1. The zero-order valence-corrected chi connectivity index (χ0v) is 13.1. The molecular weight excluding hydrogens is 280 g/mol. The van der Waals surface area contributed by atoms with Gasteiger partial charge in [-0.3, -0.25) is 4.72 Å². The average molecular weight is 302 g/mol. The molecule has 0 aliphatic carbocycles. The van der Waals surface area contributed by atoms with Gasteiger partial charge in [0.2, 0.25) is 10.0 Å². The van der Waals surface area contributed by atoms with Crippen molar-refractivity contribution in [1.29, 1.82) is 0 Å². The smallest absolute Gasteiger partial charge is 0.232 e. The summed E-state index contributed by atoms with van der Waals surface area (Å²) in [5.41, 5.74) is 1.62. The molecule has 19 heavy (non-hydrogen) atoms. The van der Waals surface area contributed by atoms with Crippen LogP contribution in [0, 0.1) is 0 Å². The third-order valence-corrected chi connectivity index (χ3v) is 4.83. The molecule has 108 valence electrons. The minimum absolute atomic E-state index is 0.0854. The lowest BCUT2D eigenvalue weighted by molar-refractivity contribution is 0.602.